The lowest BCUT2D eigenvalue weighted by Crippen LogP contribution is -1.99. The van der Waals surface area contributed by atoms with Crippen LogP contribution in [0.15, 0.2) is 18.9 Å². The minimum Gasteiger partial charge on any atom is -0.373 e. The van der Waals surface area contributed by atoms with Gasteiger partial charge in [-0.25, -0.2) is 9.55 Å². The van der Waals surface area contributed by atoms with Crippen LogP contribution in [-0.2, 0) is 4.57 Å². The fourth-order valence-corrected chi connectivity index (χ4v) is 0.725. The van der Waals surface area contributed by atoms with E-state index in [9.17, 15) is 0 Å². The molecule has 0 spiro atoms. The smallest absolute Gasteiger partial charge is 0.373 e. The Morgan fingerprint density at radius 2 is 1.88 bits per heavy atom. The van der Waals surface area contributed by atoms with Crippen molar-refractivity contribution in [1.82, 2.24) is 15.0 Å². The molecule has 0 unspecified atom stereocenters. The summed E-state index contributed by atoms with van der Waals surface area (Å²) < 4.78 is 8.88. The number of hydrogen-bond donors (Lipinski definition) is 4. The first kappa shape index (κ1) is 15.0. The molecular weight excluding hydrogens is 253 g/mol. The van der Waals surface area contributed by atoms with Crippen molar-refractivity contribution >= 4 is 19.0 Å². The third kappa shape index (κ3) is 8.93. The molecule has 5 N–H and O–H groups in total. The first-order valence-corrected chi connectivity index (χ1v) is 5.37. The maximum Gasteiger partial charge on any atom is 0.466 e. The molecule has 0 aliphatic rings. The van der Waals surface area contributed by atoms with E-state index in [1.165, 1.54) is 4.91 Å². The highest BCUT2D eigenvalue weighted by molar-refractivity contribution is 7.45. The minimum atomic E-state index is -4.64. The Kier molecular flexibility index (Phi) is 6.41. The molecule has 92 valence electrons. The van der Waals surface area contributed by atoms with Crippen LogP contribution in [0.5, 0.6) is 0 Å². The van der Waals surface area contributed by atoms with Gasteiger partial charge in [0, 0.05) is 0 Å². The van der Waals surface area contributed by atoms with E-state index >= 15 is 0 Å². The second kappa shape index (κ2) is 7.28. The Hall–Kier alpha value is -2.03. The average Bonchev–Trinajstić information content (AvgIpc) is 2.63. The molecule has 0 fully saturated rings. The van der Waals surface area contributed by atoms with E-state index < -0.39 is 7.82 Å². The van der Waals surface area contributed by atoms with Crippen LogP contribution in [0.2, 0.25) is 0 Å². The highest BCUT2D eigenvalue weighted by Crippen LogP contribution is 2.25. The third-order valence-corrected chi connectivity index (χ3v) is 1.14. The summed E-state index contributed by atoms with van der Waals surface area (Å²) in [5.74, 6) is 0. The van der Waals surface area contributed by atoms with Crippen LogP contribution in [-0.4, -0.2) is 29.6 Å². The monoisotopic (exact) mass is 261 g/mol. The second-order valence-corrected chi connectivity index (χ2v) is 3.34. The number of aromatic nitrogens is 4. The molecule has 0 aliphatic heterocycles. The molecule has 2 aromatic heterocycles. The summed E-state index contributed by atoms with van der Waals surface area (Å²) in [4.78, 5) is 36.7. The lowest BCUT2D eigenvalue weighted by atomic mass is 10.6. The van der Waals surface area contributed by atoms with Crippen LogP contribution in [0.1, 0.15) is 0 Å². The van der Waals surface area contributed by atoms with Gasteiger partial charge in [-0.1, -0.05) is 0 Å². The van der Waals surface area contributed by atoms with E-state index in [1.807, 2.05) is 6.20 Å². The molecule has 0 saturated carbocycles. The lowest BCUT2D eigenvalue weighted by molar-refractivity contribution is -0.380. The summed E-state index contributed by atoms with van der Waals surface area (Å²) in [5.41, 5.74) is 15.2. The van der Waals surface area contributed by atoms with E-state index in [4.69, 9.17) is 30.3 Å². The molecule has 12 heteroatoms. The minimum absolute atomic E-state index is 0.744. The predicted molar refractivity (Wildman–Crippen MR) is 54.8 cm³/mol. The normalized spacial score (nSPS) is 9.35. The highest BCUT2D eigenvalue weighted by atomic mass is 31.2. The Balaban J connectivity index is 0.000000276. The molecule has 0 saturated heterocycles. The number of nitrogens with one attached hydrogen (secondary N) is 2. The fraction of sp³-hybridized carbons (Fsp3) is 0. The Bertz CT molecular complexity index is 491. The van der Waals surface area contributed by atoms with Gasteiger partial charge in [0.05, 0.1) is 6.33 Å². The van der Waals surface area contributed by atoms with Gasteiger partial charge < -0.3 is 30.7 Å². The fourth-order valence-electron chi connectivity index (χ4n) is 0.725. The zero-order chi connectivity index (χ0) is 13.3. The average molecular weight is 261 g/mol. The van der Waals surface area contributed by atoms with E-state index in [0.29, 0.717) is 0 Å². The van der Waals surface area contributed by atoms with Gasteiger partial charge in [-0.05, 0) is 4.98 Å². The van der Waals surface area contributed by atoms with Crippen molar-refractivity contribution in [3.05, 3.63) is 34.8 Å². The third-order valence-electron chi connectivity index (χ3n) is 1.14. The van der Waals surface area contributed by atoms with E-state index in [2.05, 4.69) is 19.9 Å². The first-order valence-electron chi connectivity index (χ1n) is 3.80. The largest absolute Gasteiger partial charge is 0.466 e. The zero-order valence-electron chi connectivity index (χ0n) is 8.17. The second-order valence-electron chi connectivity index (χ2n) is 2.31. The SMILES string of the molecule is O=P(O)(O)O.[N-]=[N+]=[N-].c1nc2nc[nH+]cc2[nH]1. The van der Waals surface area contributed by atoms with Crippen LogP contribution < -0.4 is 4.98 Å². The Morgan fingerprint density at radius 1 is 1.35 bits per heavy atom. The topological polar surface area (TPSA) is 192 Å². The molecule has 0 amide bonds. The maximum atomic E-state index is 8.88. The number of H-pyrrole nitrogens is 2. The summed E-state index contributed by atoms with van der Waals surface area (Å²) in [6, 6.07) is 0. The van der Waals surface area contributed by atoms with Crippen molar-refractivity contribution < 1.29 is 24.2 Å². The molecule has 0 bridgehead atoms. The van der Waals surface area contributed by atoms with Gasteiger partial charge in [-0.15, -0.1) is 0 Å². The number of fused-ring (bicyclic) bond motifs is 1. The number of aromatic amines is 2. The highest BCUT2D eigenvalue weighted by Gasteiger charge is 2.00. The number of nitrogens with zero attached hydrogens (tertiary/aromatic N) is 5. The molecule has 0 aliphatic carbocycles. The Morgan fingerprint density at radius 3 is 2.35 bits per heavy atom. The van der Waals surface area contributed by atoms with E-state index in [0.717, 1.165) is 11.2 Å². The molecule has 0 radical (unpaired) electrons. The van der Waals surface area contributed by atoms with Crippen LogP contribution in [0.25, 0.3) is 27.1 Å². The van der Waals surface area contributed by atoms with Gasteiger partial charge in [0.15, 0.2) is 5.52 Å². The summed E-state index contributed by atoms with van der Waals surface area (Å²) >= 11 is 0. The Labute approximate surface area is 93.8 Å². The zero-order valence-corrected chi connectivity index (χ0v) is 9.06. The van der Waals surface area contributed by atoms with Crippen molar-refractivity contribution in [2.45, 2.75) is 0 Å². The summed E-state index contributed by atoms with van der Waals surface area (Å²) in [7, 11) is -4.64. The van der Waals surface area contributed by atoms with E-state index in [1.54, 1.807) is 12.7 Å². The van der Waals surface area contributed by atoms with Gasteiger partial charge in [0.1, 0.15) is 6.20 Å². The molecule has 2 aromatic rings. The number of phosphoric acid groups is 1. The van der Waals surface area contributed by atoms with E-state index in [-0.39, 0.29) is 0 Å². The molecule has 2 rings (SSSR count). The first-order chi connectivity index (χ1) is 7.88. The van der Waals surface area contributed by atoms with Crippen LogP contribution >= 0.6 is 7.82 Å². The van der Waals surface area contributed by atoms with Crippen molar-refractivity contribution in [1.29, 1.82) is 0 Å². The van der Waals surface area contributed by atoms with Gasteiger partial charge in [0.2, 0.25) is 0 Å². The van der Waals surface area contributed by atoms with Crippen molar-refractivity contribution in [3.63, 3.8) is 0 Å². The number of rotatable bonds is 0. The van der Waals surface area contributed by atoms with Crippen LogP contribution in [0, 0.1) is 0 Å². The van der Waals surface area contributed by atoms with Crippen LogP contribution in [0.4, 0.5) is 0 Å². The summed E-state index contributed by atoms with van der Waals surface area (Å²) in [5, 5.41) is 0. The van der Waals surface area contributed by atoms with Gasteiger partial charge in [-0.3, -0.25) is 4.91 Å². The predicted octanol–water partition coefficient (Wildman–Crippen LogP) is -0.291. The molecule has 11 nitrogen and oxygen atoms in total. The molecule has 17 heavy (non-hydrogen) atoms. The van der Waals surface area contributed by atoms with Crippen LogP contribution in [0.3, 0.4) is 0 Å². The molecule has 0 atom stereocenters. The molecule has 0 aromatic carbocycles. The number of hydrogen-bond acceptors (Lipinski definition) is 3. The van der Waals surface area contributed by atoms with Crippen molar-refractivity contribution in [2.75, 3.05) is 0 Å². The quantitative estimate of drug-likeness (QED) is 0.217. The van der Waals surface area contributed by atoms with Crippen molar-refractivity contribution in [3.8, 4) is 0 Å². The standard InChI is InChI=1S/C5H4N4.N3.H3O4P/c1-4-5(8-2-6-1)9-3-7-4;1-3-2;1-5(2,3)4/h1-3H,(H,6,7,8,9);;(H3,1,2,3,4)/q;-1;/p+1. The van der Waals surface area contributed by atoms with Gasteiger partial charge in [-0.2, -0.15) is 4.98 Å². The maximum absolute atomic E-state index is 8.88. The molecule has 2 heterocycles. The van der Waals surface area contributed by atoms with Crippen molar-refractivity contribution in [2.24, 2.45) is 0 Å². The molecular formula is C5H8N7O4P. The van der Waals surface area contributed by atoms with Gasteiger partial charge >= 0.3 is 7.82 Å². The summed E-state index contributed by atoms with van der Waals surface area (Å²) in [6.07, 6.45) is 5.03. The number of imidazole rings is 1. The van der Waals surface area contributed by atoms with Gasteiger partial charge in [0.25, 0.3) is 12.0 Å². The summed E-state index contributed by atoms with van der Waals surface area (Å²) in [6.45, 7) is 0. The lowest BCUT2D eigenvalue weighted by Gasteiger charge is -1.82.